The van der Waals surface area contributed by atoms with Gasteiger partial charge in [0.05, 0.1) is 0 Å². The second-order valence-corrected chi connectivity index (χ2v) is 8.00. The summed E-state index contributed by atoms with van der Waals surface area (Å²) in [6, 6.07) is 11.2. The molecule has 3 N–H and O–H groups in total. The summed E-state index contributed by atoms with van der Waals surface area (Å²) >= 11 is 5.92. The molecule has 1 unspecified atom stereocenters. The third-order valence-corrected chi connectivity index (χ3v) is 5.60. The van der Waals surface area contributed by atoms with E-state index in [1.165, 1.54) is 4.90 Å². The van der Waals surface area contributed by atoms with Gasteiger partial charge in [0.2, 0.25) is 11.8 Å². The van der Waals surface area contributed by atoms with Crippen molar-refractivity contribution in [3.8, 4) is 0 Å². The van der Waals surface area contributed by atoms with Crippen LogP contribution in [0.25, 0.3) is 0 Å². The Morgan fingerprint density at radius 3 is 2.81 bits per heavy atom. The first-order valence-electron chi connectivity index (χ1n) is 9.97. The van der Waals surface area contributed by atoms with Gasteiger partial charge in [0.1, 0.15) is 6.04 Å². The Bertz CT molecular complexity index is 1070. The van der Waals surface area contributed by atoms with E-state index < -0.39 is 11.9 Å². The van der Waals surface area contributed by atoms with Crippen molar-refractivity contribution in [2.45, 2.75) is 38.4 Å². The predicted octanol–water partition coefficient (Wildman–Crippen LogP) is 2.81. The van der Waals surface area contributed by atoms with Gasteiger partial charge in [-0.1, -0.05) is 29.8 Å². The highest BCUT2D eigenvalue weighted by Crippen LogP contribution is 2.28. The Morgan fingerprint density at radius 1 is 1.16 bits per heavy atom. The number of hydrogen-bond acceptors (Lipinski definition) is 4. The fourth-order valence-corrected chi connectivity index (χ4v) is 4.04. The zero-order valence-corrected chi connectivity index (χ0v) is 17.4. The Kier molecular flexibility index (Phi) is 5.90. The summed E-state index contributed by atoms with van der Waals surface area (Å²) in [7, 11) is 0. The molecule has 5 amide bonds. The predicted molar refractivity (Wildman–Crippen MR) is 114 cm³/mol. The van der Waals surface area contributed by atoms with Crippen molar-refractivity contribution in [2.75, 3.05) is 5.32 Å². The van der Waals surface area contributed by atoms with Gasteiger partial charge >= 0.3 is 6.03 Å². The number of fused-ring (bicyclic) bond motifs is 1. The van der Waals surface area contributed by atoms with Crippen LogP contribution in [-0.4, -0.2) is 34.7 Å². The van der Waals surface area contributed by atoms with Crippen LogP contribution in [0.1, 0.15) is 40.7 Å². The fraction of sp³-hybridized carbons (Fsp3) is 0.273. The first kappa shape index (κ1) is 20.9. The largest absolute Gasteiger partial charge is 0.334 e. The van der Waals surface area contributed by atoms with Gasteiger partial charge in [0, 0.05) is 35.8 Å². The van der Waals surface area contributed by atoms with E-state index in [2.05, 4.69) is 16.0 Å². The van der Waals surface area contributed by atoms with Crippen molar-refractivity contribution in [1.82, 2.24) is 15.5 Å². The molecule has 2 aromatic carbocycles. The molecule has 1 atom stereocenters. The summed E-state index contributed by atoms with van der Waals surface area (Å²) in [6.45, 7) is 0.565. The highest BCUT2D eigenvalue weighted by Gasteiger charge is 2.37. The van der Waals surface area contributed by atoms with Crippen LogP contribution in [0.15, 0.2) is 42.5 Å². The van der Waals surface area contributed by atoms with E-state index in [4.69, 9.17) is 11.6 Å². The van der Waals surface area contributed by atoms with E-state index >= 15 is 0 Å². The first-order chi connectivity index (χ1) is 14.9. The van der Waals surface area contributed by atoms with Gasteiger partial charge in [-0.3, -0.25) is 19.7 Å². The molecule has 2 aliphatic rings. The van der Waals surface area contributed by atoms with Crippen LogP contribution in [0.4, 0.5) is 10.5 Å². The normalized spacial score (nSPS) is 18.3. The highest BCUT2D eigenvalue weighted by atomic mass is 35.5. The standard InChI is InChI=1S/C22H21ClN4O4/c23-15-3-1-4-16(10-15)25-22(31)24-11-13-7-8-17-14(9-13)12-27(21(17)30)18-5-2-6-19(28)26-20(18)29/h1,3-4,7-10,18H,2,5-6,11-12H2,(H2,24,25,31)(H,26,28,29). The third kappa shape index (κ3) is 4.69. The third-order valence-electron chi connectivity index (χ3n) is 5.36. The SMILES string of the molecule is O=C1CCCC(N2Cc3cc(CNC(=O)Nc4cccc(Cl)c4)ccc3C2=O)C(=O)N1. The lowest BCUT2D eigenvalue weighted by Crippen LogP contribution is -2.46. The summed E-state index contributed by atoms with van der Waals surface area (Å²) in [5.74, 6) is -0.952. The topological polar surface area (TPSA) is 108 Å². The molecule has 8 nitrogen and oxygen atoms in total. The maximum absolute atomic E-state index is 12.8. The molecule has 0 spiro atoms. The molecule has 1 saturated heterocycles. The van der Waals surface area contributed by atoms with Crippen molar-refractivity contribution in [3.63, 3.8) is 0 Å². The van der Waals surface area contributed by atoms with Crippen molar-refractivity contribution < 1.29 is 19.2 Å². The number of nitrogens with one attached hydrogen (secondary N) is 3. The molecule has 2 aromatic rings. The van der Waals surface area contributed by atoms with Crippen molar-refractivity contribution in [2.24, 2.45) is 0 Å². The quantitative estimate of drug-likeness (QED) is 0.635. The number of benzene rings is 2. The number of urea groups is 1. The second-order valence-electron chi connectivity index (χ2n) is 7.56. The molecule has 31 heavy (non-hydrogen) atoms. The summed E-state index contributed by atoms with van der Waals surface area (Å²) in [5, 5.41) is 8.35. The fourth-order valence-electron chi connectivity index (χ4n) is 3.85. The lowest BCUT2D eigenvalue weighted by molar-refractivity contribution is -0.132. The van der Waals surface area contributed by atoms with Crippen LogP contribution in [-0.2, 0) is 22.7 Å². The Hall–Kier alpha value is -3.39. The first-order valence-corrected chi connectivity index (χ1v) is 10.4. The van der Waals surface area contributed by atoms with Crippen LogP contribution < -0.4 is 16.0 Å². The molecule has 0 radical (unpaired) electrons. The van der Waals surface area contributed by atoms with E-state index in [1.54, 1.807) is 36.4 Å². The van der Waals surface area contributed by atoms with Crippen molar-refractivity contribution in [3.05, 3.63) is 64.2 Å². The molecule has 1 fully saturated rings. The maximum Gasteiger partial charge on any atom is 0.319 e. The Morgan fingerprint density at radius 2 is 2.00 bits per heavy atom. The van der Waals surface area contributed by atoms with E-state index in [9.17, 15) is 19.2 Å². The van der Waals surface area contributed by atoms with E-state index in [1.807, 2.05) is 6.07 Å². The molecule has 0 aromatic heterocycles. The highest BCUT2D eigenvalue weighted by molar-refractivity contribution is 6.30. The lowest BCUT2D eigenvalue weighted by atomic mass is 10.1. The lowest BCUT2D eigenvalue weighted by Gasteiger charge is -2.24. The average Bonchev–Trinajstić information content (AvgIpc) is 2.94. The molecule has 0 bridgehead atoms. The average molecular weight is 441 g/mol. The van der Waals surface area contributed by atoms with Crippen LogP contribution in [0.2, 0.25) is 5.02 Å². The van der Waals surface area contributed by atoms with Gasteiger partial charge in [0.15, 0.2) is 0 Å². The van der Waals surface area contributed by atoms with Gasteiger partial charge < -0.3 is 15.5 Å². The monoisotopic (exact) mass is 440 g/mol. The number of nitrogens with zero attached hydrogens (tertiary/aromatic N) is 1. The molecular weight excluding hydrogens is 420 g/mol. The number of imide groups is 1. The number of carbonyl (C=O) groups excluding carboxylic acids is 4. The van der Waals surface area contributed by atoms with E-state index in [0.717, 1.165) is 11.1 Å². The second kappa shape index (κ2) is 8.77. The molecule has 2 aliphatic heterocycles. The molecule has 9 heteroatoms. The van der Waals surface area contributed by atoms with Crippen LogP contribution in [0, 0.1) is 0 Å². The molecule has 0 aliphatic carbocycles. The summed E-state index contributed by atoms with van der Waals surface area (Å²) < 4.78 is 0. The number of rotatable bonds is 4. The van der Waals surface area contributed by atoms with Crippen molar-refractivity contribution >= 4 is 41.0 Å². The van der Waals surface area contributed by atoms with Gasteiger partial charge in [-0.05, 0) is 48.2 Å². The zero-order chi connectivity index (χ0) is 22.0. The van der Waals surface area contributed by atoms with E-state index in [0.29, 0.717) is 35.7 Å². The number of anilines is 1. The van der Waals surface area contributed by atoms with Crippen LogP contribution in [0.3, 0.4) is 0 Å². The number of carbonyl (C=O) groups is 4. The molecule has 160 valence electrons. The molecule has 4 rings (SSSR count). The number of amides is 5. The van der Waals surface area contributed by atoms with Crippen LogP contribution in [0.5, 0.6) is 0 Å². The van der Waals surface area contributed by atoms with Gasteiger partial charge in [0.25, 0.3) is 5.91 Å². The van der Waals surface area contributed by atoms with Gasteiger partial charge in [-0.25, -0.2) is 4.79 Å². The molecule has 0 saturated carbocycles. The minimum absolute atomic E-state index is 0.220. The smallest absolute Gasteiger partial charge is 0.319 e. The maximum atomic E-state index is 12.8. The summed E-state index contributed by atoms with van der Waals surface area (Å²) in [6.07, 6.45) is 1.29. The minimum atomic E-state index is -0.656. The van der Waals surface area contributed by atoms with Gasteiger partial charge in [-0.2, -0.15) is 0 Å². The Balaban J connectivity index is 1.39. The minimum Gasteiger partial charge on any atom is -0.334 e. The van der Waals surface area contributed by atoms with Gasteiger partial charge in [-0.15, -0.1) is 0 Å². The summed E-state index contributed by atoms with van der Waals surface area (Å²) in [5.41, 5.74) is 2.74. The van der Waals surface area contributed by atoms with Crippen molar-refractivity contribution in [1.29, 1.82) is 0 Å². The molecular formula is C22H21ClN4O4. The number of hydrogen-bond donors (Lipinski definition) is 3. The molecule has 2 heterocycles. The number of halogens is 1. The van der Waals surface area contributed by atoms with Crippen LogP contribution >= 0.6 is 11.6 Å². The van der Waals surface area contributed by atoms with E-state index in [-0.39, 0.29) is 30.8 Å². The zero-order valence-electron chi connectivity index (χ0n) is 16.6. The Labute approximate surface area is 183 Å². The summed E-state index contributed by atoms with van der Waals surface area (Å²) in [4.78, 5) is 50.4.